The Balaban J connectivity index is 2.94. The van der Waals surface area contributed by atoms with Crippen molar-refractivity contribution in [3.63, 3.8) is 0 Å². The quantitative estimate of drug-likeness (QED) is 0.732. The third-order valence-electron chi connectivity index (χ3n) is 1.61. The van der Waals surface area contributed by atoms with E-state index in [9.17, 15) is 4.39 Å². The zero-order chi connectivity index (χ0) is 9.59. The van der Waals surface area contributed by atoms with Gasteiger partial charge in [0.15, 0.2) is 10.8 Å². The standard InChI is InChI=1S/C7H4BrClFN3/c1-3-6(10)13-7(11-3)4(8)2-5(9)12-13/h2H,1H3. The highest BCUT2D eigenvalue weighted by molar-refractivity contribution is 9.10. The molecule has 0 unspecified atom stereocenters. The summed E-state index contributed by atoms with van der Waals surface area (Å²) in [6, 6.07) is 1.57. The number of nitrogens with zero attached hydrogens (tertiary/aromatic N) is 3. The second-order valence-corrected chi connectivity index (χ2v) is 3.78. The van der Waals surface area contributed by atoms with Crippen LogP contribution in [0, 0.1) is 12.9 Å². The number of aryl methyl sites for hydroxylation is 1. The number of hydrogen-bond acceptors (Lipinski definition) is 2. The fourth-order valence-electron chi connectivity index (χ4n) is 1.04. The van der Waals surface area contributed by atoms with E-state index in [-0.39, 0.29) is 5.15 Å². The van der Waals surface area contributed by atoms with Crippen molar-refractivity contribution in [3.8, 4) is 0 Å². The number of rotatable bonds is 0. The molecule has 0 bridgehead atoms. The van der Waals surface area contributed by atoms with Gasteiger partial charge in [0.2, 0.25) is 5.95 Å². The molecule has 0 N–H and O–H groups in total. The molecule has 0 saturated carbocycles. The van der Waals surface area contributed by atoms with Crippen LogP contribution in [0.2, 0.25) is 5.15 Å². The maximum absolute atomic E-state index is 13.3. The average Bonchev–Trinajstić information content (AvgIpc) is 2.32. The number of aromatic nitrogens is 3. The van der Waals surface area contributed by atoms with Crippen LogP contribution in [0.25, 0.3) is 5.65 Å². The van der Waals surface area contributed by atoms with Crippen molar-refractivity contribution in [2.75, 3.05) is 0 Å². The van der Waals surface area contributed by atoms with E-state index in [1.807, 2.05) is 0 Å². The van der Waals surface area contributed by atoms with Crippen molar-refractivity contribution in [3.05, 3.63) is 27.3 Å². The summed E-state index contributed by atoms with van der Waals surface area (Å²) in [4.78, 5) is 3.97. The van der Waals surface area contributed by atoms with Gasteiger partial charge in [0.25, 0.3) is 0 Å². The number of halogens is 3. The number of hydrogen-bond donors (Lipinski definition) is 0. The Bertz CT molecular complexity index is 482. The molecule has 13 heavy (non-hydrogen) atoms. The minimum atomic E-state index is -0.488. The molecule has 0 amide bonds. The van der Waals surface area contributed by atoms with Gasteiger partial charge in [0.05, 0.1) is 10.2 Å². The average molecular weight is 264 g/mol. The first-order chi connectivity index (χ1) is 6.09. The molecule has 2 aromatic rings. The van der Waals surface area contributed by atoms with E-state index in [4.69, 9.17) is 11.6 Å². The van der Waals surface area contributed by atoms with Crippen molar-refractivity contribution in [1.29, 1.82) is 0 Å². The topological polar surface area (TPSA) is 30.2 Å². The molecule has 0 aliphatic rings. The molecule has 0 aliphatic heterocycles. The summed E-state index contributed by atoms with van der Waals surface area (Å²) in [5.41, 5.74) is 0.731. The summed E-state index contributed by atoms with van der Waals surface area (Å²) >= 11 is 8.87. The highest BCUT2D eigenvalue weighted by atomic mass is 79.9. The minimum absolute atomic E-state index is 0.218. The van der Waals surface area contributed by atoms with Crippen LogP contribution in [0.15, 0.2) is 10.5 Å². The summed E-state index contributed by atoms with van der Waals surface area (Å²) in [7, 11) is 0. The first kappa shape index (κ1) is 8.90. The van der Waals surface area contributed by atoms with Gasteiger partial charge in [-0.25, -0.2) is 4.98 Å². The van der Waals surface area contributed by atoms with Crippen LogP contribution in [-0.2, 0) is 0 Å². The molecule has 2 heterocycles. The normalized spacial score (nSPS) is 11.1. The van der Waals surface area contributed by atoms with Gasteiger partial charge in [-0.15, -0.1) is 0 Å². The van der Waals surface area contributed by atoms with E-state index in [0.29, 0.717) is 15.8 Å². The Morgan fingerprint density at radius 3 is 3.00 bits per heavy atom. The third kappa shape index (κ3) is 1.32. The Labute approximate surface area is 86.7 Å². The molecule has 68 valence electrons. The van der Waals surface area contributed by atoms with Crippen LogP contribution in [0.3, 0.4) is 0 Å². The summed E-state index contributed by atoms with van der Waals surface area (Å²) in [6.45, 7) is 1.57. The van der Waals surface area contributed by atoms with Crippen LogP contribution in [0.1, 0.15) is 5.69 Å². The van der Waals surface area contributed by atoms with E-state index in [0.717, 1.165) is 4.52 Å². The second-order valence-electron chi connectivity index (χ2n) is 2.54. The molecular formula is C7H4BrClFN3. The van der Waals surface area contributed by atoms with Crippen molar-refractivity contribution in [1.82, 2.24) is 14.6 Å². The van der Waals surface area contributed by atoms with Crippen molar-refractivity contribution < 1.29 is 4.39 Å². The second kappa shape index (κ2) is 2.92. The smallest absolute Gasteiger partial charge is 0.228 e. The summed E-state index contributed by atoms with van der Waals surface area (Å²) in [5.74, 6) is -0.488. The largest absolute Gasteiger partial charge is 0.237 e. The lowest BCUT2D eigenvalue weighted by atomic mass is 10.5. The fraction of sp³-hybridized carbons (Fsp3) is 0.143. The van der Waals surface area contributed by atoms with Crippen molar-refractivity contribution >= 4 is 33.2 Å². The van der Waals surface area contributed by atoms with Gasteiger partial charge in [-0.3, -0.25) is 0 Å². The molecule has 2 rings (SSSR count). The first-order valence-electron chi connectivity index (χ1n) is 3.46. The highest BCUT2D eigenvalue weighted by Crippen LogP contribution is 2.21. The maximum atomic E-state index is 13.3. The third-order valence-corrected chi connectivity index (χ3v) is 2.38. The Morgan fingerprint density at radius 2 is 2.31 bits per heavy atom. The van der Waals surface area contributed by atoms with Crippen LogP contribution in [0.5, 0.6) is 0 Å². The van der Waals surface area contributed by atoms with E-state index in [1.54, 1.807) is 13.0 Å². The summed E-state index contributed by atoms with van der Waals surface area (Å²) < 4.78 is 15.0. The van der Waals surface area contributed by atoms with E-state index in [1.165, 1.54) is 0 Å². The first-order valence-corrected chi connectivity index (χ1v) is 4.63. The van der Waals surface area contributed by atoms with E-state index in [2.05, 4.69) is 26.0 Å². The van der Waals surface area contributed by atoms with E-state index >= 15 is 0 Å². The lowest BCUT2D eigenvalue weighted by molar-refractivity contribution is 0.541. The highest BCUT2D eigenvalue weighted by Gasteiger charge is 2.12. The van der Waals surface area contributed by atoms with Crippen LogP contribution < -0.4 is 0 Å². The minimum Gasteiger partial charge on any atom is -0.228 e. The van der Waals surface area contributed by atoms with Gasteiger partial charge in [-0.05, 0) is 28.9 Å². The lowest BCUT2D eigenvalue weighted by Gasteiger charge is -1.95. The molecule has 0 fully saturated rings. The van der Waals surface area contributed by atoms with Gasteiger partial charge in [0.1, 0.15) is 0 Å². The van der Waals surface area contributed by atoms with Gasteiger partial charge in [0, 0.05) is 0 Å². The zero-order valence-corrected chi connectivity index (χ0v) is 8.89. The molecule has 0 spiro atoms. The predicted octanol–water partition coefficient (Wildman–Crippen LogP) is 2.59. The van der Waals surface area contributed by atoms with Gasteiger partial charge in [-0.1, -0.05) is 11.6 Å². The van der Waals surface area contributed by atoms with Crippen LogP contribution in [-0.4, -0.2) is 14.6 Å². The SMILES string of the molecule is Cc1nc2c(Br)cc(Cl)nn2c1F. The fourth-order valence-corrected chi connectivity index (χ4v) is 1.83. The monoisotopic (exact) mass is 263 g/mol. The maximum Gasteiger partial charge on any atom is 0.237 e. The van der Waals surface area contributed by atoms with Gasteiger partial charge < -0.3 is 0 Å². The Morgan fingerprint density at radius 1 is 1.62 bits per heavy atom. The van der Waals surface area contributed by atoms with E-state index < -0.39 is 5.95 Å². The summed E-state index contributed by atoms with van der Waals surface area (Å²) in [5, 5.41) is 3.99. The molecule has 0 aliphatic carbocycles. The molecule has 0 saturated heterocycles. The molecule has 2 aromatic heterocycles. The van der Waals surface area contributed by atoms with Crippen LogP contribution >= 0.6 is 27.5 Å². The molecule has 3 nitrogen and oxygen atoms in total. The van der Waals surface area contributed by atoms with Gasteiger partial charge >= 0.3 is 0 Å². The number of fused-ring (bicyclic) bond motifs is 1. The molecule has 0 aromatic carbocycles. The predicted molar refractivity (Wildman–Crippen MR) is 50.4 cm³/mol. The van der Waals surface area contributed by atoms with Crippen LogP contribution in [0.4, 0.5) is 4.39 Å². The van der Waals surface area contributed by atoms with Gasteiger partial charge in [-0.2, -0.15) is 14.0 Å². The number of imidazole rings is 1. The summed E-state index contributed by atoms with van der Waals surface area (Å²) in [6.07, 6.45) is 0. The Kier molecular flexibility index (Phi) is 2.00. The van der Waals surface area contributed by atoms with Crippen molar-refractivity contribution in [2.45, 2.75) is 6.92 Å². The lowest BCUT2D eigenvalue weighted by Crippen LogP contribution is -1.95. The molecule has 0 atom stereocenters. The van der Waals surface area contributed by atoms with Crippen molar-refractivity contribution in [2.24, 2.45) is 0 Å². The molecular weight excluding hydrogens is 260 g/mol. The zero-order valence-electron chi connectivity index (χ0n) is 6.55. The Hall–Kier alpha value is -0.680. The molecule has 6 heteroatoms. The molecule has 0 radical (unpaired) electrons.